The summed E-state index contributed by atoms with van der Waals surface area (Å²) in [6.07, 6.45) is 3.19. The summed E-state index contributed by atoms with van der Waals surface area (Å²) in [4.78, 5) is 15.8. The van der Waals surface area contributed by atoms with Crippen molar-refractivity contribution < 1.29 is 9.90 Å². The molecule has 1 aromatic heterocycles. The predicted molar refractivity (Wildman–Crippen MR) is 64.0 cm³/mol. The topological polar surface area (TPSA) is 67.2 Å². The normalized spacial score (nSPS) is 10.2. The molecule has 2 N–H and O–H groups in total. The van der Waals surface area contributed by atoms with E-state index in [1.54, 1.807) is 49.3 Å². The Labute approximate surface area is 98.7 Å². The van der Waals surface area contributed by atoms with Crippen molar-refractivity contribution in [3.05, 3.63) is 42.0 Å². The number of anilines is 1. The van der Waals surface area contributed by atoms with Crippen molar-refractivity contribution in [2.45, 2.75) is 6.92 Å². The van der Waals surface area contributed by atoms with Gasteiger partial charge in [0.2, 0.25) is 0 Å². The van der Waals surface area contributed by atoms with Gasteiger partial charge in [0.15, 0.2) is 0 Å². The molecule has 0 aliphatic heterocycles. The molecule has 0 fully saturated rings. The average Bonchev–Trinajstić information content (AvgIpc) is 2.72. The van der Waals surface area contributed by atoms with Crippen molar-refractivity contribution in [1.29, 1.82) is 0 Å². The van der Waals surface area contributed by atoms with Gasteiger partial charge in [-0.1, -0.05) is 6.07 Å². The molecule has 0 unspecified atom stereocenters. The first kappa shape index (κ1) is 11.2. The summed E-state index contributed by atoms with van der Waals surface area (Å²) in [5.74, 6) is -0.136. The Bertz CT molecular complexity index is 561. The standard InChI is InChI=1S/C12H13N3O2/c1-8-9(4-3-5-11(8)16)14-12(17)10-6-15(2)7-13-10/h3-7,16H,1-2H3,(H,14,17). The third kappa shape index (κ3) is 2.28. The molecule has 0 radical (unpaired) electrons. The van der Waals surface area contributed by atoms with Crippen LogP contribution in [0, 0.1) is 6.92 Å². The van der Waals surface area contributed by atoms with Gasteiger partial charge in [-0.25, -0.2) is 4.98 Å². The van der Waals surface area contributed by atoms with Gasteiger partial charge in [-0.05, 0) is 19.1 Å². The lowest BCUT2D eigenvalue weighted by Gasteiger charge is -2.07. The van der Waals surface area contributed by atoms with Gasteiger partial charge in [0, 0.05) is 24.5 Å². The summed E-state index contributed by atoms with van der Waals surface area (Å²) in [5.41, 5.74) is 1.56. The molecule has 5 heteroatoms. The van der Waals surface area contributed by atoms with E-state index in [4.69, 9.17) is 0 Å². The Kier molecular flexibility index (Phi) is 2.82. The fourth-order valence-electron chi connectivity index (χ4n) is 1.48. The molecule has 5 nitrogen and oxygen atoms in total. The van der Waals surface area contributed by atoms with E-state index in [9.17, 15) is 9.90 Å². The van der Waals surface area contributed by atoms with Crippen LogP contribution in [0.3, 0.4) is 0 Å². The van der Waals surface area contributed by atoms with Crippen LogP contribution in [0.1, 0.15) is 16.1 Å². The van der Waals surface area contributed by atoms with Crippen LogP contribution in [0.15, 0.2) is 30.7 Å². The molecule has 0 aliphatic carbocycles. The van der Waals surface area contributed by atoms with E-state index >= 15 is 0 Å². The van der Waals surface area contributed by atoms with E-state index in [-0.39, 0.29) is 11.7 Å². The number of hydrogen-bond acceptors (Lipinski definition) is 3. The molecule has 0 saturated heterocycles. The monoisotopic (exact) mass is 231 g/mol. The zero-order valence-corrected chi connectivity index (χ0v) is 9.64. The van der Waals surface area contributed by atoms with E-state index < -0.39 is 0 Å². The molecule has 17 heavy (non-hydrogen) atoms. The van der Waals surface area contributed by atoms with Crippen LogP contribution >= 0.6 is 0 Å². The number of nitrogens with one attached hydrogen (secondary N) is 1. The summed E-state index contributed by atoms with van der Waals surface area (Å²) in [5, 5.41) is 12.2. The summed E-state index contributed by atoms with van der Waals surface area (Å²) < 4.78 is 1.70. The quantitative estimate of drug-likeness (QED) is 0.826. The molecular weight excluding hydrogens is 218 g/mol. The predicted octanol–water partition coefficient (Wildman–Crippen LogP) is 1.69. The number of imidazole rings is 1. The third-order valence-electron chi connectivity index (χ3n) is 2.49. The first-order chi connectivity index (χ1) is 8.08. The molecule has 1 heterocycles. The molecular formula is C12H13N3O2. The highest BCUT2D eigenvalue weighted by Crippen LogP contribution is 2.24. The number of amides is 1. The van der Waals surface area contributed by atoms with Gasteiger partial charge < -0.3 is 15.0 Å². The number of benzene rings is 1. The van der Waals surface area contributed by atoms with E-state index in [1.165, 1.54) is 0 Å². The molecule has 0 aliphatic rings. The molecule has 2 aromatic rings. The third-order valence-corrected chi connectivity index (χ3v) is 2.49. The lowest BCUT2D eigenvalue weighted by Crippen LogP contribution is -2.13. The summed E-state index contributed by atoms with van der Waals surface area (Å²) in [6.45, 7) is 1.74. The first-order valence-corrected chi connectivity index (χ1v) is 5.16. The number of nitrogens with zero attached hydrogens (tertiary/aromatic N) is 2. The average molecular weight is 231 g/mol. The fourth-order valence-corrected chi connectivity index (χ4v) is 1.48. The lowest BCUT2D eigenvalue weighted by atomic mass is 10.2. The Balaban J connectivity index is 2.21. The van der Waals surface area contributed by atoms with Crippen molar-refractivity contribution in [2.24, 2.45) is 7.05 Å². The number of carbonyl (C=O) groups excluding carboxylic acids is 1. The van der Waals surface area contributed by atoms with Crippen LogP contribution in [0.4, 0.5) is 5.69 Å². The largest absolute Gasteiger partial charge is 0.508 e. The molecule has 88 valence electrons. The van der Waals surface area contributed by atoms with Gasteiger partial charge in [-0.15, -0.1) is 0 Å². The minimum atomic E-state index is -0.292. The van der Waals surface area contributed by atoms with Crippen LogP contribution in [0.5, 0.6) is 5.75 Å². The molecule has 1 aromatic carbocycles. The van der Waals surface area contributed by atoms with Gasteiger partial charge in [-0.3, -0.25) is 4.79 Å². The highest BCUT2D eigenvalue weighted by Gasteiger charge is 2.11. The maximum absolute atomic E-state index is 11.8. The zero-order chi connectivity index (χ0) is 12.4. The molecule has 0 saturated carbocycles. The van der Waals surface area contributed by atoms with Gasteiger partial charge in [0.05, 0.1) is 6.33 Å². The van der Waals surface area contributed by atoms with Gasteiger partial charge >= 0.3 is 0 Å². The number of aryl methyl sites for hydroxylation is 1. The highest BCUT2D eigenvalue weighted by molar-refractivity contribution is 6.03. The van der Waals surface area contributed by atoms with Crippen LogP contribution in [0.25, 0.3) is 0 Å². The second-order valence-corrected chi connectivity index (χ2v) is 3.83. The highest BCUT2D eigenvalue weighted by atomic mass is 16.3. The number of aromatic nitrogens is 2. The van der Waals surface area contributed by atoms with E-state index in [0.29, 0.717) is 16.9 Å². The van der Waals surface area contributed by atoms with Crippen LogP contribution < -0.4 is 5.32 Å². The molecule has 0 atom stereocenters. The minimum absolute atomic E-state index is 0.156. The van der Waals surface area contributed by atoms with Crippen molar-refractivity contribution in [3.8, 4) is 5.75 Å². The second kappa shape index (κ2) is 4.29. The number of carbonyl (C=O) groups is 1. The molecule has 0 bridgehead atoms. The first-order valence-electron chi connectivity index (χ1n) is 5.16. The summed E-state index contributed by atoms with van der Waals surface area (Å²) in [6, 6.07) is 4.98. The van der Waals surface area contributed by atoms with Crippen molar-refractivity contribution in [1.82, 2.24) is 9.55 Å². The van der Waals surface area contributed by atoms with Gasteiger partial charge in [0.1, 0.15) is 11.4 Å². The summed E-state index contributed by atoms with van der Waals surface area (Å²) in [7, 11) is 1.80. The molecule has 1 amide bonds. The Morgan fingerprint density at radius 1 is 1.47 bits per heavy atom. The Hall–Kier alpha value is -2.30. The maximum Gasteiger partial charge on any atom is 0.275 e. The van der Waals surface area contributed by atoms with E-state index in [2.05, 4.69) is 10.3 Å². The Morgan fingerprint density at radius 3 is 2.88 bits per heavy atom. The summed E-state index contributed by atoms with van der Waals surface area (Å²) >= 11 is 0. The maximum atomic E-state index is 11.8. The van der Waals surface area contributed by atoms with Gasteiger partial charge in [0.25, 0.3) is 5.91 Å². The van der Waals surface area contributed by atoms with Crippen molar-refractivity contribution in [2.75, 3.05) is 5.32 Å². The van der Waals surface area contributed by atoms with Crippen LogP contribution in [-0.2, 0) is 7.05 Å². The molecule has 2 rings (SSSR count). The van der Waals surface area contributed by atoms with E-state index in [1.807, 2.05) is 0 Å². The van der Waals surface area contributed by atoms with E-state index in [0.717, 1.165) is 0 Å². The van der Waals surface area contributed by atoms with Crippen LogP contribution in [0.2, 0.25) is 0 Å². The number of aromatic hydroxyl groups is 1. The molecule has 0 spiro atoms. The smallest absolute Gasteiger partial charge is 0.275 e. The Morgan fingerprint density at radius 2 is 2.24 bits per heavy atom. The number of rotatable bonds is 2. The zero-order valence-electron chi connectivity index (χ0n) is 9.64. The lowest BCUT2D eigenvalue weighted by molar-refractivity contribution is 0.102. The van der Waals surface area contributed by atoms with Crippen LogP contribution in [-0.4, -0.2) is 20.6 Å². The van der Waals surface area contributed by atoms with Crippen molar-refractivity contribution in [3.63, 3.8) is 0 Å². The number of phenolic OH excluding ortho intramolecular Hbond substituents is 1. The van der Waals surface area contributed by atoms with Crippen molar-refractivity contribution >= 4 is 11.6 Å². The van der Waals surface area contributed by atoms with Gasteiger partial charge in [-0.2, -0.15) is 0 Å². The second-order valence-electron chi connectivity index (χ2n) is 3.83. The minimum Gasteiger partial charge on any atom is -0.508 e. The fraction of sp³-hybridized carbons (Fsp3) is 0.167. The SMILES string of the molecule is Cc1c(O)cccc1NC(=O)c1cn(C)cn1. The number of phenols is 1. The number of hydrogen-bond donors (Lipinski definition) is 2.